The van der Waals surface area contributed by atoms with Crippen LogP contribution in [0.15, 0.2) is 21.7 Å². The minimum absolute atomic E-state index is 0.382. The number of nitrogens with zero attached hydrogens (tertiary/aromatic N) is 3. The van der Waals surface area contributed by atoms with Crippen molar-refractivity contribution in [1.82, 2.24) is 9.58 Å². The molecule has 2 rings (SSSR count). The molecule has 2 aromatic heterocycles. The number of hydrogen-bond acceptors (Lipinski definition) is 5. The van der Waals surface area contributed by atoms with E-state index >= 15 is 0 Å². The quantitative estimate of drug-likeness (QED) is 0.469. The van der Waals surface area contributed by atoms with Gasteiger partial charge in [0.05, 0.1) is 18.8 Å². The van der Waals surface area contributed by atoms with Crippen molar-refractivity contribution in [3.05, 3.63) is 23.6 Å². The zero-order valence-electron chi connectivity index (χ0n) is 10.8. The van der Waals surface area contributed by atoms with Gasteiger partial charge in [0.25, 0.3) is 0 Å². The molecule has 2 aromatic rings. The average Bonchev–Trinajstić information content (AvgIpc) is 2.86. The first-order valence-electron chi connectivity index (χ1n) is 5.42. The normalized spacial score (nSPS) is 11.3. The number of rotatable bonds is 3. The summed E-state index contributed by atoms with van der Waals surface area (Å²) in [6.07, 6.45) is 1.62. The van der Waals surface area contributed by atoms with Crippen LogP contribution in [0.25, 0.3) is 11.1 Å². The third kappa shape index (κ3) is 2.09. The van der Waals surface area contributed by atoms with E-state index in [-0.39, 0.29) is 5.97 Å². The molecule has 0 unspecified atom stereocenters. The molecule has 0 aliphatic rings. The van der Waals surface area contributed by atoms with E-state index in [4.69, 9.17) is 9.15 Å². The predicted molar refractivity (Wildman–Crippen MR) is 67.8 cm³/mol. The molecule has 0 N–H and O–H groups in total. The summed E-state index contributed by atoms with van der Waals surface area (Å²) in [6, 6.07) is 3.49. The first-order chi connectivity index (χ1) is 8.52. The third-order valence-electron chi connectivity index (χ3n) is 2.56. The standard InChI is InChI=1S/C12H15N3O3/c1-14(2)13-7-8-5-9-11(18-8)6-10(15(9)3)12(16)17-4/h5-7H,1-4H3/b13-7+. The summed E-state index contributed by atoms with van der Waals surface area (Å²) in [6.45, 7) is 0. The number of methoxy groups -OCH3 is 1. The van der Waals surface area contributed by atoms with Gasteiger partial charge in [-0.25, -0.2) is 4.79 Å². The summed E-state index contributed by atoms with van der Waals surface area (Å²) in [5.74, 6) is 0.258. The second-order valence-corrected chi connectivity index (χ2v) is 4.07. The number of carbonyl (C=O) groups excluding carboxylic acids is 1. The van der Waals surface area contributed by atoms with Crippen molar-refractivity contribution in [2.24, 2.45) is 12.1 Å². The van der Waals surface area contributed by atoms with Gasteiger partial charge in [-0.3, -0.25) is 0 Å². The van der Waals surface area contributed by atoms with E-state index in [0.29, 0.717) is 17.0 Å². The SMILES string of the molecule is COC(=O)c1cc2oc(/C=N/N(C)C)cc2n1C. The summed E-state index contributed by atoms with van der Waals surface area (Å²) < 4.78 is 12.0. The Morgan fingerprint density at radius 1 is 1.50 bits per heavy atom. The van der Waals surface area contributed by atoms with Gasteiger partial charge in [-0.1, -0.05) is 0 Å². The highest BCUT2D eigenvalue weighted by molar-refractivity contribution is 5.95. The van der Waals surface area contributed by atoms with E-state index < -0.39 is 0 Å². The van der Waals surface area contributed by atoms with E-state index in [9.17, 15) is 4.79 Å². The topological polar surface area (TPSA) is 60.0 Å². The average molecular weight is 249 g/mol. The molecule has 0 fully saturated rings. The summed E-state index contributed by atoms with van der Waals surface area (Å²) in [5.41, 5.74) is 1.93. The maximum Gasteiger partial charge on any atom is 0.354 e. The molecular weight excluding hydrogens is 234 g/mol. The number of aromatic nitrogens is 1. The van der Waals surface area contributed by atoms with Crippen LogP contribution < -0.4 is 0 Å². The number of carbonyl (C=O) groups is 1. The zero-order valence-corrected chi connectivity index (χ0v) is 10.8. The number of furan rings is 1. The minimum atomic E-state index is -0.382. The maximum absolute atomic E-state index is 11.5. The van der Waals surface area contributed by atoms with Crippen molar-refractivity contribution in [2.75, 3.05) is 21.2 Å². The van der Waals surface area contributed by atoms with Gasteiger partial charge in [0.2, 0.25) is 0 Å². The number of esters is 1. The smallest absolute Gasteiger partial charge is 0.354 e. The van der Waals surface area contributed by atoms with Crippen LogP contribution in [0.4, 0.5) is 0 Å². The first kappa shape index (κ1) is 12.2. The number of hydrogen-bond donors (Lipinski definition) is 0. The van der Waals surface area contributed by atoms with Crippen LogP contribution in [0.2, 0.25) is 0 Å². The molecule has 6 nitrogen and oxygen atoms in total. The Kier molecular flexibility index (Phi) is 3.10. The molecule has 0 aliphatic carbocycles. The number of hydrazone groups is 1. The maximum atomic E-state index is 11.5. The van der Waals surface area contributed by atoms with E-state index in [1.165, 1.54) is 7.11 Å². The van der Waals surface area contributed by atoms with Crippen molar-refractivity contribution in [3.8, 4) is 0 Å². The van der Waals surface area contributed by atoms with E-state index in [1.54, 1.807) is 28.9 Å². The molecule has 0 amide bonds. The van der Waals surface area contributed by atoms with Gasteiger partial charge in [0, 0.05) is 33.3 Å². The third-order valence-corrected chi connectivity index (χ3v) is 2.56. The number of aryl methyl sites for hydroxylation is 1. The van der Waals surface area contributed by atoms with Gasteiger partial charge in [-0.15, -0.1) is 0 Å². The van der Waals surface area contributed by atoms with Crippen LogP contribution in [-0.2, 0) is 11.8 Å². The summed E-state index contributed by atoms with van der Waals surface area (Å²) in [4.78, 5) is 11.5. The largest absolute Gasteiger partial charge is 0.464 e. The van der Waals surface area contributed by atoms with E-state index in [1.807, 2.05) is 20.2 Å². The van der Waals surface area contributed by atoms with Crippen molar-refractivity contribution in [3.63, 3.8) is 0 Å². The monoisotopic (exact) mass is 249 g/mol. The highest BCUT2D eigenvalue weighted by Crippen LogP contribution is 2.22. The van der Waals surface area contributed by atoms with Crippen LogP contribution in [-0.4, -0.2) is 43.0 Å². The highest BCUT2D eigenvalue weighted by atomic mass is 16.5. The van der Waals surface area contributed by atoms with Crippen molar-refractivity contribution in [1.29, 1.82) is 0 Å². The van der Waals surface area contributed by atoms with Gasteiger partial charge in [-0.05, 0) is 0 Å². The molecule has 96 valence electrons. The first-order valence-corrected chi connectivity index (χ1v) is 5.42. The summed E-state index contributed by atoms with van der Waals surface area (Å²) >= 11 is 0. The van der Waals surface area contributed by atoms with Crippen LogP contribution in [0.1, 0.15) is 16.2 Å². The van der Waals surface area contributed by atoms with E-state index in [0.717, 1.165) is 5.52 Å². The molecule has 0 saturated carbocycles. The lowest BCUT2D eigenvalue weighted by atomic mass is 10.4. The van der Waals surface area contributed by atoms with Gasteiger partial charge < -0.3 is 18.7 Å². The van der Waals surface area contributed by atoms with Gasteiger partial charge in [0.1, 0.15) is 11.5 Å². The molecule has 0 spiro atoms. The second-order valence-electron chi connectivity index (χ2n) is 4.07. The Morgan fingerprint density at radius 2 is 2.22 bits per heavy atom. The lowest BCUT2D eigenvalue weighted by Crippen LogP contribution is -2.07. The predicted octanol–water partition coefficient (Wildman–Crippen LogP) is 1.45. The molecule has 0 bridgehead atoms. The van der Waals surface area contributed by atoms with Crippen LogP contribution >= 0.6 is 0 Å². The van der Waals surface area contributed by atoms with Crippen LogP contribution in [0.5, 0.6) is 0 Å². The number of ether oxygens (including phenoxy) is 1. The van der Waals surface area contributed by atoms with Crippen LogP contribution in [0, 0.1) is 0 Å². The van der Waals surface area contributed by atoms with Gasteiger partial charge >= 0.3 is 5.97 Å². The molecule has 0 atom stereocenters. The molecule has 6 heteroatoms. The lowest BCUT2D eigenvalue weighted by Gasteiger charge is -2.01. The Bertz CT molecular complexity index is 607. The molecule has 18 heavy (non-hydrogen) atoms. The fourth-order valence-corrected chi connectivity index (χ4v) is 1.67. The Morgan fingerprint density at radius 3 is 2.78 bits per heavy atom. The molecule has 0 aliphatic heterocycles. The van der Waals surface area contributed by atoms with Crippen molar-refractivity contribution < 1.29 is 13.9 Å². The summed E-state index contributed by atoms with van der Waals surface area (Å²) in [7, 11) is 6.80. The molecule has 0 aromatic carbocycles. The molecular formula is C12H15N3O3. The Labute approximate surface area is 104 Å². The van der Waals surface area contributed by atoms with Gasteiger partial charge in [-0.2, -0.15) is 5.10 Å². The molecule has 0 saturated heterocycles. The summed E-state index contributed by atoms with van der Waals surface area (Å²) in [5, 5.41) is 5.76. The Balaban J connectivity index is 2.40. The molecule has 0 radical (unpaired) electrons. The number of fused-ring (bicyclic) bond motifs is 1. The Hall–Kier alpha value is -2.24. The van der Waals surface area contributed by atoms with Crippen LogP contribution in [0.3, 0.4) is 0 Å². The fourth-order valence-electron chi connectivity index (χ4n) is 1.67. The zero-order chi connectivity index (χ0) is 13.3. The van der Waals surface area contributed by atoms with E-state index in [2.05, 4.69) is 5.10 Å². The van der Waals surface area contributed by atoms with Gasteiger partial charge in [0.15, 0.2) is 5.58 Å². The highest BCUT2D eigenvalue weighted by Gasteiger charge is 2.16. The lowest BCUT2D eigenvalue weighted by molar-refractivity contribution is 0.0590. The minimum Gasteiger partial charge on any atom is -0.464 e. The molecule has 2 heterocycles. The fraction of sp³-hybridized carbons (Fsp3) is 0.333. The van der Waals surface area contributed by atoms with Crippen molar-refractivity contribution in [2.45, 2.75) is 0 Å². The second kappa shape index (κ2) is 4.56. The van der Waals surface area contributed by atoms with Crippen molar-refractivity contribution >= 4 is 23.3 Å².